The van der Waals surface area contributed by atoms with Gasteiger partial charge in [-0.1, -0.05) is 29.3 Å². The molecule has 0 aliphatic rings. The summed E-state index contributed by atoms with van der Waals surface area (Å²) in [4.78, 5) is 12.4. The van der Waals surface area contributed by atoms with Crippen LogP contribution in [0.3, 0.4) is 0 Å². The van der Waals surface area contributed by atoms with E-state index in [0.717, 1.165) is 17.4 Å². The predicted octanol–water partition coefficient (Wildman–Crippen LogP) is 3.61. The fourth-order valence-electron chi connectivity index (χ4n) is 2.05. The highest BCUT2D eigenvalue weighted by molar-refractivity contribution is 7.90. The normalized spacial score (nSPS) is 11.3. The van der Waals surface area contributed by atoms with Gasteiger partial charge in [-0.25, -0.2) is 8.42 Å². The minimum atomic E-state index is -3.40. The molecule has 0 radical (unpaired) electrons. The Kier molecular flexibility index (Phi) is 4.58. The van der Waals surface area contributed by atoms with Gasteiger partial charge in [0, 0.05) is 11.9 Å². The van der Waals surface area contributed by atoms with Gasteiger partial charge in [-0.3, -0.25) is 4.79 Å². The van der Waals surface area contributed by atoms with Crippen LogP contribution in [0.2, 0.25) is 5.02 Å². The molecular formula is C16H16ClNO3S. The summed E-state index contributed by atoms with van der Waals surface area (Å²) in [6.07, 6.45) is 1.09. The highest BCUT2D eigenvalue weighted by Gasteiger charge is 2.16. The highest BCUT2D eigenvalue weighted by atomic mass is 35.5. The maximum absolute atomic E-state index is 12.4. The molecule has 6 heteroatoms. The Balaban J connectivity index is 2.37. The Morgan fingerprint density at radius 2 is 1.77 bits per heavy atom. The van der Waals surface area contributed by atoms with Crippen LogP contribution < -0.4 is 5.32 Å². The second-order valence-corrected chi connectivity index (χ2v) is 7.61. The fourth-order valence-corrected chi connectivity index (χ4v) is 2.90. The monoisotopic (exact) mass is 337 g/mol. The van der Waals surface area contributed by atoms with Gasteiger partial charge >= 0.3 is 0 Å². The summed E-state index contributed by atoms with van der Waals surface area (Å²) in [5.74, 6) is -0.442. The van der Waals surface area contributed by atoms with E-state index in [1.54, 1.807) is 6.07 Å². The Hall–Kier alpha value is -1.85. The molecule has 0 aliphatic carbocycles. The first-order valence-corrected chi connectivity index (χ1v) is 8.83. The van der Waals surface area contributed by atoms with E-state index in [1.165, 1.54) is 18.2 Å². The van der Waals surface area contributed by atoms with Crippen LogP contribution in [-0.4, -0.2) is 20.6 Å². The third kappa shape index (κ3) is 3.67. The van der Waals surface area contributed by atoms with E-state index < -0.39 is 15.7 Å². The average molecular weight is 338 g/mol. The molecular weight excluding hydrogens is 322 g/mol. The van der Waals surface area contributed by atoms with E-state index in [-0.39, 0.29) is 15.5 Å². The van der Waals surface area contributed by atoms with Crippen molar-refractivity contribution in [1.82, 2.24) is 0 Å². The number of benzene rings is 2. The van der Waals surface area contributed by atoms with Gasteiger partial charge in [-0.05, 0) is 43.7 Å². The molecule has 0 bridgehead atoms. The zero-order chi connectivity index (χ0) is 16.5. The number of carbonyl (C=O) groups excluding carboxylic acids is 1. The second-order valence-electron chi connectivity index (χ2n) is 5.19. The summed E-state index contributed by atoms with van der Waals surface area (Å²) in [6, 6.07) is 9.72. The number of hydrogen-bond acceptors (Lipinski definition) is 3. The fraction of sp³-hybridized carbons (Fsp3) is 0.188. The molecule has 0 aromatic heterocycles. The Bertz CT molecular complexity index is 844. The molecule has 2 rings (SSSR count). The van der Waals surface area contributed by atoms with Crippen molar-refractivity contribution in [1.29, 1.82) is 0 Å². The van der Waals surface area contributed by atoms with Crippen molar-refractivity contribution in [2.45, 2.75) is 18.7 Å². The molecule has 0 atom stereocenters. The molecule has 0 fully saturated rings. The second kappa shape index (κ2) is 6.10. The van der Waals surface area contributed by atoms with Gasteiger partial charge in [0.2, 0.25) is 0 Å². The van der Waals surface area contributed by atoms with Gasteiger partial charge in [-0.15, -0.1) is 0 Å². The number of hydrogen-bond donors (Lipinski definition) is 1. The van der Waals surface area contributed by atoms with E-state index in [1.807, 2.05) is 26.0 Å². The summed E-state index contributed by atoms with van der Waals surface area (Å²) >= 11 is 6.02. The standard InChI is InChI=1S/C16H16ClNO3S/c1-10-4-7-15(11(2)8-10)18-16(19)13-9-12(22(3,20)21)5-6-14(13)17/h4-9H,1-3H3,(H,18,19). The number of rotatable bonds is 3. The van der Waals surface area contributed by atoms with E-state index in [0.29, 0.717) is 5.69 Å². The van der Waals surface area contributed by atoms with Crippen molar-refractivity contribution in [3.05, 3.63) is 58.1 Å². The number of aryl methyl sites for hydroxylation is 2. The van der Waals surface area contributed by atoms with Gasteiger partial charge in [0.15, 0.2) is 9.84 Å². The van der Waals surface area contributed by atoms with Crippen LogP contribution in [-0.2, 0) is 9.84 Å². The lowest BCUT2D eigenvalue weighted by atomic mass is 10.1. The largest absolute Gasteiger partial charge is 0.322 e. The van der Waals surface area contributed by atoms with Crippen molar-refractivity contribution in [2.75, 3.05) is 11.6 Å². The van der Waals surface area contributed by atoms with Crippen molar-refractivity contribution in [3.8, 4) is 0 Å². The van der Waals surface area contributed by atoms with Crippen molar-refractivity contribution >= 4 is 33.0 Å². The maximum atomic E-state index is 12.4. The van der Waals surface area contributed by atoms with Gasteiger partial charge in [0.25, 0.3) is 5.91 Å². The number of sulfone groups is 1. The minimum absolute atomic E-state index is 0.0580. The zero-order valence-corrected chi connectivity index (χ0v) is 14.0. The quantitative estimate of drug-likeness (QED) is 0.930. The van der Waals surface area contributed by atoms with Gasteiger partial charge in [0.1, 0.15) is 0 Å². The molecule has 0 spiro atoms. The van der Waals surface area contributed by atoms with Crippen LogP contribution in [0.25, 0.3) is 0 Å². The Morgan fingerprint density at radius 3 is 2.36 bits per heavy atom. The SMILES string of the molecule is Cc1ccc(NC(=O)c2cc(S(C)(=O)=O)ccc2Cl)c(C)c1. The zero-order valence-electron chi connectivity index (χ0n) is 12.5. The van der Waals surface area contributed by atoms with Crippen LogP contribution in [0.1, 0.15) is 21.5 Å². The van der Waals surface area contributed by atoms with E-state index in [4.69, 9.17) is 11.6 Å². The molecule has 2 aromatic carbocycles. The molecule has 0 saturated carbocycles. The summed E-state index contributed by atoms with van der Waals surface area (Å²) in [7, 11) is -3.40. The lowest BCUT2D eigenvalue weighted by Gasteiger charge is -2.11. The van der Waals surface area contributed by atoms with Crippen molar-refractivity contribution in [3.63, 3.8) is 0 Å². The first-order chi connectivity index (χ1) is 10.2. The molecule has 0 saturated heterocycles. The smallest absolute Gasteiger partial charge is 0.257 e. The average Bonchev–Trinajstić information content (AvgIpc) is 2.41. The summed E-state index contributed by atoms with van der Waals surface area (Å²) in [6.45, 7) is 3.85. The highest BCUT2D eigenvalue weighted by Crippen LogP contribution is 2.23. The third-order valence-electron chi connectivity index (χ3n) is 3.24. The summed E-state index contributed by atoms with van der Waals surface area (Å²) in [5.41, 5.74) is 2.80. The lowest BCUT2D eigenvalue weighted by Crippen LogP contribution is -2.14. The summed E-state index contributed by atoms with van der Waals surface area (Å²) in [5, 5.41) is 2.96. The topological polar surface area (TPSA) is 63.2 Å². The van der Waals surface area contributed by atoms with Crippen LogP contribution in [0.4, 0.5) is 5.69 Å². The predicted molar refractivity (Wildman–Crippen MR) is 88.4 cm³/mol. The molecule has 1 amide bonds. The van der Waals surface area contributed by atoms with Crippen LogP contribution in [0, 0.1) is 13.8 Å². The van der Waals surface area contributed by atoms with Crippen LogP contribution in [0.15, 0.2) is 41.3 Å². The summed E-state index contributed by atoms with van der Waals surface area (Å²) < 4.78 is 23.2. The van der Waals surface area contributed by atoms with Gasteiger partial charge < -0.3 is 5.32 Å². The van der Waals surface area contributed by atoms with Crippen molar-refractivity contribution < 1.29 is 13.2 Å². The number of amides is 1. The number of carbonyl (C=O) groups is 1. The number of halogens is 1. The molecule has 2 aromatic rings. The van der Waals surface area contributed by atoms with Crippen LogP contribution in [0.5, 0.6) is 0 Å². The third-order valence-corrected chi connectivity index (χ3v) is 4.68. The molecule has 22 heavy (non-hydrogen) atoms. The van der Waals surface area contributed by atoms with E-state index in [9.17, 15) is 13.2 Å². The number of anilines is 1. The van der Waals surface area contributed by atoms with Crippen LogP contribution >= 0.6 is 11.6 Å². The molecule has 0 unspecified atom stereocenters. The van der Waals surface area contributed by atoms with E-state index in [2.05, 4.69) is 5.32 Å². The molecule has 1 N–H and O–H groups in total. The molecule has 0 heterocycles. The van der Waals surface area contributed by atoms with Gasteiger partial charge in [0.05, 0.1) is 15.5 Å². The molecule has 116 valence electrons. The van der Waals surface area contributed by atoms with E-state index >= 15 is 0 Å². The lowest BCUT2D eigenvalue weighted by molar-refractivity contribution is 0.102. The Morgan fingerprint density at radius 1 is 1.09 bits per heavy atom. The maximum Gasteiger partial charge on any atom is 0.257 e. The first-order valence-electron chi connectivity index (χ1n) is 6.56. The number of nitrogens with one attached hydrogen (secondary N) is 1. The minimum Gasteiger partial charge on any atom is -0.322 e. The first kappa shape index (κ1) is 16.5. The molecule has 0 aliphatic heterocycles. The van der Waals surface area contributed by atoms with Crippen molar-refractivity contribution in [2.24, 2.45) is 0 Å². The van der Waals surface area contributed by atoms with Gasteiger partial charge in [-0.2, -0.15) is 0 Å². The molecule has 4 nitrogen and oxygen atoms in total. The Labute approximate surface area is 135 Å².